The molecule has 4 heteroatoms. The summed E-state index contributed by atoms with van der Waals surface area (Å²) in [5.41, 5.74) is -0.495. The maximum absolute atomic E-state index is 12.3. The highest BCUT2D eigenvalue weighted by Gasteiger charge is 2.30. The van der Waals surface area contributed by atoms with Crippen LogP contribution in [0.15, 0.2) is 24.3 Å². The molecule has 0 aliphatic carbocycles. The van der Waals surface area contributed by atoms with E-state index >= 15 is 0 Å². The van der Waals surface area contributed by atoms with Gasteiger partial charge in [-0.05, 0) is 25.1 Å². The van der Waals surface area contributed by atoms with Gasteiger partial charge in [-0.3, -0.25) is 0 Å². The molecule has 80 valence electrons. The Morgan fingerprint density at radius 3 is 2.53 bits per heavy atom. The summed E-state index contributed by atoms with van der Waals surface area (Å²) in [7, 11) is 0. The Morgan fingerprint density at radius 2 is 2.00 bits per heavy atom. The number of hydrogen-bond acceptors (Lipinski definition) is 1. The minimum absolute atomic E-state index is 0.241. The molecular weight excluding hydrogens is 205 g/mol. The molecule has 0 fully saturated rings. The Kier molecular flexibility index (Phi) is 3.38. The predicted molar refractivity (Wildman–Crippen MR) is 50.0 cm³/mol. The van der Waals surface area contributed by atoms with Crippen molar-refractivity contribution in [1.82, 2.24) is 0 Å². The third kappa shape index (κ3) is 3.64. The van der Waals surface area contributed by atoms with Crippen LogP contribution in [0.2, 0.25) is 0 Å². The summed E-state index contributed by atoms with van der Waals surface area (Å²) in [4.78, 5) is 0. The van der Waals surface area contributed by atoms with Crippen molar-refractivity contribution in [3.05, 3.63) is 35.4 Å². The fourth-order valence-corrected chi connectivity index (χ4v) is 0.961. The molecule has 0 spiro atoms. The van der Waals surface area contributed by atoms with E-state index < -0.39 is 17.8 Å². The van der Waals surface area contributed by atoms with Gasteiger partial charge in [0.05, 0.1) is 5.56 Å². The second kappa shape index (κ2) is 4.37. The van der Waals surface area contributed by atoms with E-state index in [9.17, 15) is 13.2 Å². The van der Waals surface area contributed by atoms with Gasteiger partial charge >= 0.3 is 6.18 Å². The predicted octanol–water partition coefficient (Wildman–Crippen LogP) is 2.44. The first-order valence-electron chi connectivity index (χ1n) is 4.26. The summed E-state index contributed by atoms with van der Waals surface area (Å²) in [5, 5.41) is 8.85. The number of rotatable bonds is 0. The number of aliphatic hydroxyl groups is 1. The maximum atomic E-state index is 12.3. The van der Waals surface area contributed by atoms with Gasteiger partial charge in [-0.25, -0.2) is 0 Å². The lowest BCUT2D eigenvalue weighted by Gasteiger charge is -2.05. The molecule has 0 saturated carbocycles. The van der Waals surface area contributed by atoms with Crippen molar-refractivity contribution in [2.75, 3.05) is 0 Å². The average Bonchev–Trinajstić information content (AvgIpc) is 2.14. The van der Waals surface area contributed by atoms with Crippen molar-refractivity contribution in [2.45, 2.75) is 19.2 Å². The lowest BCUT2D eigenvalue weighted by Crippen LogP contribution is -2.04. The molecule has 0 amide bonds. The minimum atomic E-state index is -4.36. The minimum Gasteiger partial charge on any atom is -0.381 e. The normalized spacial score (nSPS) is 12.9. The topological polar surface area (TPSA) is 20.2 Å². The fourth-order valence-electron chi connectivity index (χ4n) is 0.961. The van der Waals surface area contributed by atoms with E-state index in [1.807, 2.05) is 0 Å². The number of benzene rings is 1. The lowest BCUT2D eigenvalue weighted by atomic mass is 10.1. The Bertz CT molecular complexity index is 396. The van der Waals surface area contributed by atoms with E-state index in [1.54, 1.807) is 0 Å². The molecule has 1 nitrogen and oxygen atoms in total. The molecule has 0 heterocycles. The van der Waals surface area contributed by atoms with Gasteiger partial charge in [-0.2, -0.15) is 13.2 Å². The van der Waals surface area contributed by atoms with E-state index in [2.05, 4.69) is 11.8 Å². The zero-order valence-electron chi connectivity index (χ0n) is 7.97. The summed E-state index contributed by atoms with van der Waals surface area (Å²) in [5.74, 6) is 4.84. The molecule has 0 aliphatic heterocycles. The van der Waals surface area contributed by atoms with Gasteiger partial charge in [0.25, 0.3) is 0 Å². The number of halogens is 3. The zero-order chi connectivity index (χ0) is 11.5. The van der Waals surface area contributed by atoms with Crippen LogP contribution >= 0.6 is 0 Å². The molecule has 1 atom stereocenters. The van der Waals surface area contributed by atoms with Gasteiger partial charge in [-0.15, -0.1) is 0 Å². The van der Waals surface area contributed by atoms with Crippen LogP contribution in [0, 0.1) is 11.8 Å². The van der Waals surface area contributed by atoms with E-state index in [0.717, 1.165) is 12.1 Å². The highest BCUT2D eigenvalue weighted by molar-refractivity contribution is 5.38. The molecular formula is C11H9F3O. The first-order valence-corrected chi connectivity index (χ1v) is 4.26. The van der Waals surface area contributed by atoms with E-state index in [1.165, 1.54) is 19.1 Å². The van der Waals surface area contributed by atoms with Crippen molar-refractivity contribution in [3.8, 4) is 11.8 Å². The van der Waals surface area contributed by atoms with Gasteiger partial charge in [0.15, 0.2) is 0 Å². The lowest BCUT2D eigenvalue weighted by molar-refractivity contribution is -0.137. The standard InChI is InChI=1S/C11H9F3O/c1-8(15)5-6-9-3-2-4-10(7-9)11(12,13)14/h2-4,7-8,15H,1H3. The molecule has 0 aromatic heterocycles. The molecule has 0 aliphatic rings. The van der Waals surface area contributed by atoms with E-state index in [-0.39, 0.29) is 5.56 Å². The van der Waals surface area contributed by atoms with Crippen molar-refractivity contribution < 1.29 is 18.3 Å². The van der Waals surface area contributed by atoms with Crippen molar-refractivity contribution in [2.24, 2.45) is 0 Å². The number of hydrogen-bond donors (Lipinski definition) is 1. The van der Waals surface area contributed by atoms with Crippen molar-refractivity contribution >= 4 is 0 Å². The fraction of sp³-hybridized carbons (Fsp3) is 0.273. The van der Waals surface area contributed by atoms with Crippen molar-refractivity contribution in [3.63, 3.8) is 0 Å². The summed E-state index contributed by atoms with van der Waals surface area (Å²) < 4.78 is 36.8. The van der Waals surface area contributed by atoms with Crippen LogP contribution in [0.25, 0.3) is 0 Å². The molecule has 1 aromatic rings. The third-order valence-electron chi connectivity index (χ3n) is 1.62. The molecule has 1 rings (SSSR count). The van der Waals surface area contributed by atoms with Crippen LogP contribution in [0.4, 0.5) is 13.2 Å². The van der Waals surface area contributed by atoms with Crippen LogP contribution in [0.1, 0.15) is 18.1 Å². The molecule has 15 heavy (non-hydrogen) atoms. The largest absolute Gasteiger partial charge is 0.416 e. The Balaban J connectivity index is 3.00. The second-order valence-corrected chi connectivity index (χ2v) is 3.02. The van der Waals surface area contributed by atoms with Crippen molar-refractivity contribution in [1.29, 1.82) is 0 Å². The van der Waals surface area contributed by atoms with E-state index in [4.69, 9.17) is 5.11 Å². The van der Waals surface area contributed by atoms with Crippen LogP contribution in [-0.2, 0) is 6.18 Å². The van der Waals surface area contributed by atoms with Crippen LogP contribution < -0.4 is 0 Å². The summed E-state index contributed by atoms with van der Waals surface area (Å²) >= 11 is 0. The van der Waals surface area contributed by atoms with E-state index in [0.29, 0.717) is 0 Å². The monoisotopic (exact) mass is 214 g/mol. The first-order chi connectivity index (χ1) is 6.89. The molecule has 1 aromatic carbocycles. The molecule has 1 unspecified atom stereocenters. The van der Waals surface area contributed by atoms with Gasteiger partial charge in [0.1, 0.15) is 6.10 Å². The zero-order valence-corrected chi connectivity index (χ0v) is 7.97. The number of aliphatic hydroxyl groups excluding tert-OH is 1. The second-order valence-electron chi connectivity index (χ2n) is 3.02. The Hall–Kier alpha value is -1.47. The quantitative estimate of drug-likeness (QED) is 0.657. The Labute approximate surface area is 85.5 Å². The van der Waals surface area contributed by atoms with Crippen LogP contribution in [-0.4, -0.2) is 11.2 Å². The highest BCUT2D eigenvalue weighted by atomic mass is 19.4. The maximum Gasteiger partial charge on any atom is 0.416 e. The molecule has 0 saturated heterocycles. The first kappa shape index (κ1) is 11.6. The SMILES string of the molecule is CC(O)C#Cc1cccc(C(F)(F)F)c1. The summed E-state index contributed by atoms with van der Waals surface area (Å²) in [6, 6.07) is 4.68. The Morgan fingerprint density at radius 1 is 1.33 bits per heavy atom. The third-order valence-corrected chi connectivity index (χ3v) is 1.62. The average molecular weight is 214 g/mol. The van der Waals surface area contributed by atoms with Crippen LogP contribution in [0.5, 0.6) is 0 Å². The highest BCUT2D eigenvalue weighted by Crippen LogP contribution is 2.29. The smallest absolute Gasteiger partial charge is 0.381 e. The van der Waals surface area contributed by atoms with Gasteiger partial charge in [0.2, 0.25) is 0 Å². The summed E-state index contributed by atoms with van der Waals surface area (Å²) in [6.07, 6.45) is -5.21. The van der Waals surface area contributed by atoms with Gasteiger partial charge in [-0.1, -0.05) is 17.9 Å². The molecule has 1 N–H and O–H groups in total. The van der Waals surface area contributed by atoms with Gasteiger partial charge < -0.3 is 5.11 Å². The summed E-state index contributed by atoms with van der Waals surface area (Å²) in [6.45, 7) is 1.45. The molecule has 0 bridgehead atoms. The number of alkyl halides is 3. The molecule has 0 radical (unpaired) electrons. The van der Waals surface area contributed by atoms with Crippen LogP contribution in [0.3, 0.4) is 0 Å². The van der Waals surface area contributed by atoms with Gasteiger partial charge in [0, 0.05) is 5.56 Å².